The Bertz CT molecular complexity index is 1520. The van der Waals surface area contributed by atoms with Gasteiger partial charge < -0.3 is 0 Å². The molecule has 0 heterocycles. The molecule has 39 heavy (non-hydrogen) atoms. The molecule has 5 aromatic rings. The van der Waals surface area contributed by atoms with Crippen LogP contribution in [0, 0.1) is 0 Å². The normalized spacial score (nSPS) is 11.6. The van der Waals surface area contributed by atoms with Crippen molar-refractivity contribution >= 4 is 32.1 Å². The van der Waals surface area contributed by atoms with Crippen molar-refractivity contribution in [3.8, 4) is 39.5 Å². The first-order valence-electron chi connectivity index (χ1n) is 12.9. The van der Waals surface area contributed by atoms with Crippen molar-refractivity contribution in [2.75, 3.05) is 21.3 Å². The first-order valence-corrected chi connectivity index (χ1v) is 17.3. The van der Waals surface area contributed by atoms with Gasteiger partial charge in [-0.1, -0.05) is 0 Å². The van der Waals surface area contributed by atoms with Crippen molar-refractivity contribution < 1.29 is 14.2 Å². The third-order valence-corrected chi connectivity index (χ3v) is 14.0. The van der Waals surface area contributed by atoms with Crippen molar-refractivity contribution in [3.63, 3.8) is 0 Å². The second-order valence-corrected chi connectivity index (χ2v) is 16.5. The summed E-state index contributed by atoms with van der Waals surface area (Å²) in [7, 11) is 4.95. The molecule has 0 radical (unpaired) electrons. The van der Waals surface area contributed by atoms with Crippen molar-refractivity contribution in [1.82, 2.24) is 0 Å². The molecule has 3 nitrogen and oxygen atoms in total. The van der Waals surface area contributed by atoms with Gasteiger partial charge in [-0.25, -0.2) is 0 Å². The van der Waals surface area contributed by atoms with E-state index >= 15 is 0 Å². The molecular weight excluding hydrogens is 567 g/mol. The molecule has 0 atom stereocenters. The summed E-state index contributed by atoms with van der Waals surface area (Å²) < 4.78 is 17.0. The Labute approximate surface area is 239 Å². The Morgan fingerprint density at radius 3 is 1.67 bits per heavy atom. The molecule has 0 amide bonds. The Hall–Kier alpha value is -3.59. The maximum absolute atomic E-state index is 5.71. The standard InChI is InChI=1S/C34H32BrO3P/c1-36-30-22-25(23-31(37-2)34(30)38-3)24-39(35,28-18-11-6-12-19-28)32-21-13-20-29(26-14-7-4-8-15-26)33(32)27-16-9-5-10-17-27/h4-23,39H,24H2,1-3H3. The van der Waals surface area contributed by atoms with Gasteiger partial charge in [0.05, 0.1) is 0 Å². The minimum absolute atomic E-state index is 0.598. The molecule has 5 rings (SSSR count). The van der Waals surface area contributed by atoms with Crippen LogP contribution in [0.2, 0.25) is 0 Å². The van der Waals surface area contributed by atoms with Crippen molar-refractivity contribution in [2.45, 2.75) is 6.16 Å². The molecule has 0 unspecified atom stereocenters. The van der Waals surface area contributed by atoms with Crippen LogP contribution >= 0.6 is 21.5 Å². The van der Waals surface area contributed by atoms with Crippen LogP contribution in [0.15, 0.2) is 121 Å². The second kappa shape index (κ2) is 12.1. The van der Waals surface area contributed by atoms with E-state index in [0.29, 0.717) is 17.2 Å². The van der Waals surface area contributed by atoms with Gasteiger partial charge in [-0.2, -0.15) is 0 Å². The van der Waals surface area contributed by atoms with E-state index in [1.54, 1.807) is 21.3 Å². The summed E-state index contributed by atoms with van der Waals surface area (Å²) in [4.78, 5) is 0. The van der Waals surface area contributed by atoms with E-state index in [2.05, 4.69) is 137 Å². The Morgan fingerprint density at radius 1 is 0.590 bits per heavy atom. The molecule has 5 heteroatoms. The van der Waals surface area contributed by atoms with Gasteiger partial charge >= 0.3 is 240 Å². The summed E-state index contributed by atoms with van der Waals surface area (Å²) in [5, 5.41) is 2.61. The van der Waals surface area contributed by atoms with Gasteiger partial charge in [0.25, 0.3) is 0 Å². The van der Waals surface area contributed by atoms with Gasteiger partial charge in [-0.05, 0) is 0 Å². The van der Waals surface area contributed by atoms with Crippen LogP contribution < -0.4 is 24.8 Å². The first-order chi connectivity index (χ1) is 19.1. The summed E-state index contributed by atoms with van der Waals surface area (Å²) in [6, 6.07) is 43.0. The summed E-state index contributed by atoms with van der Waals surface area (Å²) in [5.74, 6) is -0.659. The summed E-state index contributed by atoms with van der Waals surface area (Å²) in [6.07, 6.45) is 0.784. The number of rotatable bonds is 9. The zero-order chi connectivity index (χ0) is 27.2. The zero-order valence-electron chi connectivity index (χ0n) is 22.4. The molecule has 0 aliphatic carbocycles. The van der Waals surface area contributed by atoms with E-state index in [1.165, 1.54) is 32.9 Å². The summed E-state index contributed by atoms with van der Waals surface area (Å²) in [6.45, 7) is 0. The summed E-state index contributed by atoms with van der Waals surface area (Å²) >= 11 is 4.45. The van der Waals surface area contributed by atoms with Crippen LogP contribution in [0.25, 0.3) is 22.3 Å². The van der Waals surface area contributed by atoms with E-state index in [4.69, 9.17) is 14.2 Å². The Balaban J connectivity index is 1.78. The number of ether oxygens (including phenoxy) is 3. The molecule has 0 aliphatic rings. The van der Waals surface area contributed by atoms with Gasteiger partial charge in [0.2, 0.25) is 0 Å². The van der Waals surface area contributed by atoms with Crippen LogP contribution in [-0.4, -0.2) is 21.3 Å². The van der Waals surface area contributed by atoms with E-state index < -0.39 is 5.96 Å². The third kappa shape index (κ3) is 5.45. The van der Waals surface area contributed by atoms with E-state index in [1.807, 2.05) is 0 Å². The fraction of sp³-hybridized carbons (Fsp3) is 0.118. The molecule has 0 saturated heterocycles. The van der Waals surface area contributed by atoms with E-state index in [9.17, 15) is 0 Å². The molecular formula is C34H32BrO3P. The topological polar surface area (TPSA) is 27.7 Å². The molecule has 0 saturated carbocycles. The summed E-state index contributed by atoms with van der Waals surface area (Å²) in [5.41, 5.74) is 5.98. The van der Waals surface area contributed by atoms with E-state index in [0.717, 1.165) is 11.7 Å². The van der Waals surface area contributed by atoms with Gasteiger partial charge in [0.15, 0.2) is 0 Å². The third-order valence-electron chi connectivity index (χ3n) is 7.04. The number of halogens is 1. The van der Waals surface area contributed by atoms with Gasteiger partial charge in [0, 0.05) is 0 Å². The molecule has 0 aliphatic heterocycles. The number of hydrogen-bond acceptors (Lipinski definition) is 3. The molecule has 5 aromatic carbocycles. The predicted octanol–water partition coefficient (Wildman–Crippen LogP) is 8.26. The van der Waals surface area contributed by atoms with Gasteiger partial charge in [-0.15, -0.1) is 0 Å². The van der Waals surface area contributed by atoms with Gasteiger partial charge in [0.1, 0.15) is 0 Å². The monoisotopic (exact) mass is 598 g/mol. The first kappa shape index (κ1) is 27.0. The number of benzene rings is 5. The van der Waals surface area contributed by atoms with Crippen LogP contribution in [0.4, 0.5) is 0 Å². The maximum atomic E-state index is 5.71. The van der Waals surface area contributed by atoms with Crippen molar-refractivity contribution in [1.29, 1.82) is 0 Å². The van der Waals surface area contributed by atoms with Crippen LogP contribution in [0.1, 0.15) is 5.56 Å². The van der Waals surface area contributed by atoms with Crippen LogP contribution in [-0.2, 0) is 6.16 Å². The van der Waals surface area contributed by atoms with Crippen molar-refractivity contribution in [2.24, 2.45) is 0 Å². The fourth-order valence-electron chi connectivity index (χ4n) is 5.23. The average Bonchev–Trinajstić information content (AvgIpc) is 3.01. The molecule has 0 bridgehead atoms. The minimum atomic E-state index is -2.57. The Morgan fingerprint density at radius 2 is 1.13 bits per heavy atom. The molecule has 0 spiro atoms. The van der Waals surface area contributed by atoms with E-state index in [-0.39, 0.29) is 0 Å². The second-order valence-electron chi connectivity index (χ2n) is 9.34. The molecule has 0 fully saturated rings. The van der Waals surface area contributed by atoms with Crippen molar-refractivity contribution in [3.05, 3.63) is 127 Å². The number of methoxy groups -OCH3 is 3. The number of hydrogen-bond donors (Lipinski definition) is 0. The molecule has 0 aromatic heterocycles. The molecule has 0 N–H and O–H groups in total. The average molecular weight is 600 g/mol. The zero-order valence-corrected chi connectivity index (χ0v) is 24.9. The van der Waals surface area contributed by atoms with Crippen LogP contribution in [0.3, 0.4) is 0 Å². The SMILES string of the molecule is COc1cc(C[PH](Br)(c2ccccc2)c2cccc(-c3ccccc3)c2-c2ccccc2)cc(OC)c1OC. The van der Waals surface area contributed by atoms with Crippen LogP contribution in [0.5, 0.6) is 17.2 Å². The Kier molecular flexibility index (Phi) is 8.35. The molecule has 198 valence electrons. The predicted molar refractivity (Wildman–Crippen MR) is 170 cm³/mol. The quantitative estimate of drug-likeness (QED) is 0.160. The fourth-order valence-corrected chi connectivity index (χ4v) is 11.2. The van der Waals surface area contributed by atoms with Gasteiger partial charge in [-0.3, -0.25) is 0 Å².